The lowest BCUT2D eigenvalue weighted by Gasteiger charge is -2.16. The van der Waals surface area contributed by atoms with Crippen molar-refractivity contribution in [1.82, 2.24) is 14.8 Å². The van der Waals surface area contributed by atoms with E-state index in [1.54, 1.807) is 0 Å². The average molecular weight is 262 g/mol. The van der Waals surface area contributed by atoms with Crippen LogP contribution in [0.3, 0.4) is 0 Å². The topological polar surface area (TPSA) is 30.7 Å². The molecule has 0 saturated carbocycles. The van der Waals surface area contributed by atoms with Crippen LogP contribution in [0.1, 0.15) is 42.8 Å². The van der Waals surface area contributed by atoms with Gasteiger partial charge in [-0.2, -0.15) is 0 Å². The Morgan fingerprint density at radius 1 is 1.17 bits per heavy atom. The van der Waals surface area contributed by atoms with Crippen LogP contribution in [-0.2, 0) is 12.8 Å². The maximum Gasteiger partial charge on any atom is 0.225 e. The fraction of sp³-hybridized carbons (Fsp3) is 0.429. The number of hydrogen-bond donors (Lipinski definition) is 0. The zero-order valence-corrected chi connectivity index (χ0v) is 11.4. The van der Waals surface area contributed by atoms with Gasteiger partial charge in [0, 0.05) is 12.0 Å². The van der Waals surface area contributed by atoms with Gasteiger partial charge in [-0.3, -0.25) is 4.57 Å². The molecule has 0 N–H and O–H groups in total. The molecule has 0 spiro atoms. The number of rotatable bonds is 2. The van der Waals surface area contributed by atoms with Crippen molar-refractivity contribution in [3.8, 4) is 0 Å². The Balaban J connectivity index is 1.97. The highest BCUT2D eigenvalue weighted by molar-refractivity contribution is 6.28. The molecule has 3 nitrogen and oxygen atoms in total. The fourth-order valence-electron chi connectivity index (χ4n) is 2.73. The van der Waals surface area contributed by atoms with Crippen molar-refractivity contribution in [2.24, 2.45) is 0 Å². The first kappa shape index (κ1) is 11.7. The predicted octanol–water partition coefficient (Wildman–Crippen LogP) is 3.39. The number of hydrogen-bond acceptors (Lipinski definition) is 2. The van der Waals surface area contributed by atoms with Crippen LogP contribution in [0.15, 0.2) is 24.3 Å². The van der Waals surface area contributed by atoms with E-state index in [2.05, 4.69) is 52.9 Å². The summed E-state index contributed by atoms with van der Waals surface area (Å²) in [5.74, 6) is 1.33. The number of benzene rings is 1. The first-order valence-electron chi connectivity index (χ1n) is 6.34. The molecular weight excluding hydrogens is 246 g/mol. The van der Waals surface area contributed by atoms with Crippen LogP contribution in [0.5, 0.6) is 0 Å². The van der Waals surface area contributed by atoms with Crippen molar-refractivity contribution < 1.29 is 0 Å². The van der Waals surface area contributed by atoms with Crippen LogP contribution >= 0.6 is 11.6 Å². The SMILES string of the molecule is CC(C)c1nnc(Cl)n1C1Cc2ccccc2C1. The van der Waals surface area contributed by atoms with Gasteiger partial charge in [0.1, 0.15) is 5.82 Å². The number of aromatic nitrogens is 3. The summed E-state index contributed by atoms with van der Waals surface area (Å²) in [4.78, 5) is 0. The van der Waals surface area contributed by atoms with Gasteiger partial charge in [0.15, 0.2) is 0 Å². The number of fused-ring (bicyclic) bond motifs is 1. The molecule has 0 atom stereocenters. The molecule has 0 radical (unpaired) electrons. The molecule has 1 aliphatic carbocycles. The van der Waals surface area contributed by atoms with Crippen LogP contribution in [0.4, 0.5) is 0 Å². The van der Waals surface area contributed by atoms with Crippen molar-refractivity contribution in [3.63, 3.8) is 0 Å². The summed E-state index contributed by atoms with van der Waals surface area (Å²) in [6.45, 7) is 4.25. The molecule has 0 fully saturated rings. The van der Waals surface area contributed by atoms with Gasteiger partial charge in [-0.25, -0.2) is 0 Å². The molecule has 4 heteroatoms. The maximum absolute atomic E-state index is 6.20. The van der Waals surface area contributed by atoms with Gasteiger partial charge in [-0.15, -0.1) is 10.2 Å². The van der Waals surface area contributed by atoms with Crippen molar-refractivity contribution >= 4 is 11.6 Å². The molecule has 0 aliphatic heterocycles. The molecule has 1 heterocycles. The Labute approximate surface area is 112 Å². The minimum Gasteiger partial charge on any atom is -0.298 e. The third-order valence-electron chi connectivity index (χ3n) is 3.59. The van der Waals surface area contributed by atoms with Gasteiger partial charge in [-0.05, 0) is 35.6 Å². The Morgan fingerprint density at radius 2 is 1.78 bits per heavy atom. The van der Waals surface area contributed by atoms with E-state index >= 15 is 0 Å². The lowest BCUT2D eigenvalue weighted by Crippen LogP contribution is -2.14. The van der Waals surface area contributed by atoms with Gasteiger partial charge in [0.25, 0.3) is 0 Å². The van der Waals surface area contributed by atoms with Crippen molar-refractivity contribution in [2.75, 3.05) is 0 Å². The molecule has 0 unspecified atom stereocenters. The summed E-state index contributed by atoms with van der Waals surface area (Å²) in [5.41, 5.74) is 2.84. The fourth-order valence-corrected chi connectivity index (χ4v) is 3.00. The van der Waals surface area contributed by atoms with E-state index in [4.69, 9.17) is 11.6 Å². The standard InChI is InChI=1S/C14H16ClN3/c1-9(2)13-16-17-14(15)18(13)12-7-10-5-3-4-6-11(10)8-12/h3-6,9,12H,7-8H2,1-2H3. The van der Waals surface area contributed by atoms with E-state index in [9.17, 15) is 0 Å². The second-order valence-electron chi connectivity index (χ2n) is 5.18. The van der Waals surface area contributed by atoms with E-state index in [-0.39, 0.29) is 0 Å². The minimum absolute atomic E-state index is 0.341. The largest absolute Gasteiger partial charge is 0.298 e. The summed E-state index contributed by atoms with van der Waals surface area (Å²) in [5, 5.41) is 8.74. The third kappa shape index (κ3) is 1.83. The summed E-state index contributed by atoms with van der Waals surface area (Å²) in [7, 11) is 0. The van der Waals surface area contributed by atoms with Gasteiger partial charge < -0.3 is 0 Å². The Hall–Kier alpha value is -1.35. The number of halogens is 1. The van der Waals surface area contributed by atoms with Crippen molar-refractivity contribution in [1.29, 1.82) is 0 Å². The zero-order valence-electron chi connectivity index (χ0n) is 10.6. The van der Waals surface area contributed by atoms with E-state index in [0.29, 0.717) is 17.2 Å². The quantitative estimate of drug-likeness (QED) is 0.830. The van der Waals surface area contributed by atoms with E-state index in [1.165, 1.54) is 11.1 Å². The smallest absolute Gasteiger partial charge is 0.225 e. The Morgan fingerprint density at radius 3 is 2.33 bits per heavy atom. The van der Waals surface area contributed by atoms with Crippen LogP contribution in [0.2, 0.25) is 5.28 Å². The first-order chi connectivity index (χ1) is 8.66. The maximum atomic E-state index is 6.20. The molecule has 94 valence electrons. The lowest BCUT2D eigenvalue weighted by molar-refractivity contribution is 0.495. The monoisotopic (exact) mass is 261 g/mol. The van der Waals surface area contributed by atoms with Gasteiger partial charge in [0.2, 0.25) is 5.28 Å². The third-order valence-corrected chi connectivity index (χ3v) is 3.85. The van der Waals surface area contributed by atoms with Crippen LogP contribution in [0, 0.1) is 0 Å². The van der Waals surface area contributed by atoms with E-state index in [1.807, 2.05) is 0 Å². The molecule has 0 saturated heterocycles. The van der Waals surface area contributed by atoms with Crippen molar-refractivity contribution in [2.45, 2.75) is 38.6 Å². The van der Waals surface area contributed by atoms with Crippen LogP contribution < -0.4 is 0 Å². The number of nitrogens with zero attached hydrogens (tertiary/aromatic N) is 3. The summed E-state index contributed by atoms with van der Waals surface area (Å²) >= 11 is 6.20. The minimum atomic E-state index is 0.341. The molecule has 1 aliphatic rings. The molecule has 3 rings (SSSR count). The van der Waals surface area contributed by atoms with Crippen molar-refractivity contribution in [3.05, 3.63) is 46.5 Å². The summed E-state index contributed by atoms with van der Waals surface area (Å²) in [6.07, 6.45) is 2.04. The van der Waals surface area contributed by atoms with Gasteiger partial charge >= 0.3 is 0 Å². The Kier molecular flexibility index (Phi) is 2.86. The molecule has 18 heavy (non-hydrogen) atoms. The van der Waals surface area contributed by atoms with Gasteiger partial charge in [0.05, 0.1) is 0 Å². The highest BCUT2D eigenvalue weighted by atomic mass is 35.5. The zero-order chi connectivity index (χ0) is 12.7. The molecule has 0 bridgehead atoms. The highest BCUT2D eigenvalue weighted by Crippen LogP contribution is 2.33. The molecule has 0 amide bonds. The summed E-state index contributed by atoms with van der Waals surface area (Å²) < 4.78 is 2.10. The molecule has 1 aromatic carbocycles. The van der Waals surface area contributed by atoms with E-state index in [0.717, 1.165) is 18.7 Å². The second-order valence-corrected chi connectivity index (χ2v) is 5.52. The highest BCUT2D eigenvalue weighted by Gasteiger charge is 2.27. The average Bonchev–Trinajstić information content (AvgIpc) is 2.91. The van der Waals surface area contributed by atoms with Crippen LogP contribution in [-0.4, -0.2) is 14.8 Å². The van der Waals surface area contributed by atoms with Crippen LogP contribution in [0.25, 0.3) is 0 Å². The second kappa shape index (κ2) is 4.39. The molecule has 2 aromatic rings. The lowest BCUT2D eigenvalue weighted by atomic mass is 10.1. The Bertz CT molecular complexity index is 549. The first-order valence-corrected chi connectivity index (χ1v) is 6.71. The summed E-state index contributed by atoms with van der Waals surface area (Å²) in [6, 6.07) is 8.95. The molecule has 1 aromatic heterocycles. The van der Waals surface area contributed by atoms with E-state index < -0.39 is 0 Å². The molecular formula is C14H16ClN3. The predicted molar refractivity (Wildman–Crippen MR) is 72.0 cm³/mol. The van der Waals surface area contributed by atoms with Gasteiger partial charge in [-0.1, -0.05) is 38.1 Å². The normalized spacial score (nSPS) is 15.3.